The zero-order chi connectivity index (χ0) is 36.6. The van der Waals surface area contributed by atoms with Gasteiger partial charge >= 0.3 is 6.18 Å². The summed E-state index contributed by atoms with van der Waals surface area (Å²) in [6, 6.07) is 17.3. The number of anilines is 1. The second-order valence-corrected chi connectivity index (χ2v) is 13.4. The van der Waals surface area contributed by atoms with Crippen LogP contribution >= 0.6 is 0 Å². The molecule has 2 fully saturated rings. The first-order valence-electron chi connectivity index (χ1n) is 17.3. The molecule has 3 aliphatic rings. The number of hydrogen-bond donors (Lipinski definition) is 2. The summed E-state index contributed by atoms with van der Waals surface area (Å²) in [5.41, 5.74) is 0.217. The minimum absolute atomic E-state index is 0.0103. The number of rotatable bonds is 10. The van der Waals surface area contributed by atoms with Crippen molar-refractivity contribution in [1.82, 2.24) is 25.3 Å². The molecule has 1 saturated carbocycles. The highest BCUT2D eigenvalue weighted by atomic mass is 19.4. The van der Waals surface area contributed by atoms with Gasteiger partial charge in [0, 0.05) is 43.2 Å². The van der Waals surface area contributed by atoms with E-state index in [2.05, 4.69) is 15.5 Å². The van der Waals surface area contributed by atoms with Gasteiger partial charge in [-0.05, 0) is 67.8 Å². The van der Waals surface area contributed by atoms with Gasteiger partial charge in [-0.2, -0.15) is 18.3 Å². The normalized spacial score (nSPS) is 19.9. The Labute approximate surface area is 297 Å². The van der Waals surface area contributed by atoms with Crippen LogP contribution in [0.25, 0.3) is 5.69 Å². The van der Waals surface area contributed by atoms with Gasteiger partial charge in [-0.15, -0.1) is 0 Å². The predicted molar refractivity (Wildman–Crippen MR) is 183 cm³/mol. The summed E-state index contributed by atoms with van der Waals surface area (Å²) in [6.07, 6.45) is -3.20. The maximum absolute atomic E-state index is 14.5. The predicted octanol–water partition coefficient (Wildman–Crippen LogP) is 5.06. The first-order valence-corrected chi connectivity index (χ1v) is 17.3. The minimum Gasteiger partial charge on any atom is -0.379 e. The van der Waals surface area contributed by atoms with Crippen LogP contribution in [-0.2, 0) is 27.0 Å². The number of hydrogen-bond acceptors (Lipinski definition) is 6. The van der Waals surface area contributed by atoms with E-state index in [1.54, 1.807) is 11.6 Å². The summed E-state index contributed by atoms with van der Waals surface area (Å²) in [5, 5.41) is 10.8. The molecule has 10 nitrogen and oxygen atoms in total. The highest BCUT2D eigenvalue weighted by Gasteiger charge is 2.51. The number of nitrogens with one attached hydrogen (secondary N) is 2. The van der Waals surface area contributed by atoms with Crippen LogP contribution in [0.5, 0.6) is 0 Å². The van der Waals surface area contributed by atoms with Gasteiger partial charge in [0.2, 0.25) is 5.91 Å². The second kappa shape index (κ2) is 14.2. The number of alkyl halides is 3. The lowest BCUT2D eigenvalue weighted by Crippen LogP contribution is -2.55. The van der Waals surface area contributed by atoms with Crippen LogP contribution in [-0.4, -0.2) is 77.8 Å². The number of fused-ring (bicyclic) bond motifs is 1. The quantitative estimate of drug-likeness (QED) is 0.222. The van der Waals surface area contributed by atoms with Crippen molar-refractivity contribution in [3.8, 4) is 5.69 Å². The Morgan fingerprint density at radius 3 is 2.35 bits per heavy atom. The van der Waals surface area contributed by atoms with Crippen molar-refractivity contribution in [3.05, 3.63) is 113 Å². The maximum atomic E-state index is 14.5. The Kier molecular flexibility index (Phi) is 9.61. The smallest absolute Gasteiger partial charge is 0.379 e. The number of aromatic nitrogens is 2. The highest BCUT2D eigenvalue weighted by molar-refractivity contribution is 6.05. The number of halogens is 4. The molecule has 1 aliphatic carbocycles. The van der Waals surface area contributed by atoms with E-state index in [-0.39, 0.29) is 24.6 Å². The molecule has 0 radical (unpaired) electrons. The average Bonchev–Trinajstić information content (AvgIpc) is 3.84. The van der Waals surface area contributed by atoms with Gasteiger partial charge in [0.1, 0.15) is 17.7 Å². The molecule has 52 heavy (non-hydrogen) atoms. The largest absolute Gasteiger partial charge is 0.416 e. The van der Waals surface area contributed by atoms with Crippen molar-refractivity contribution < 1.29 is 36.7 Å². The zero-order valence-corrected chi connectivity index (χ0v) is 28.5. The summed E-state index contributed by atoms with van der Waals surface area (Å²) in [6.45, 7) is 5.24. The first-order chi connectivity index (χ1) is 25.0. The van der Waals surface area contributed by atoms with E-state index in [0.717, 1.165) is 44.1 Å². The molecular formula is C38H38F4N6O4. The van der Waals surface area contributed by atoms with Crippen molar-refractivity contribution in [2.24, 2.45) is 5.41 Å². The Morgan fingerprint density at radius 2 is 1.69 bits per heavy atom. The third-order valence-corrected chi connectivity index (χ3v) is 10.1. The summed E-state index contributed by atoms with van der Waals surface area (Å²) in [4.78, 5) is 45.7. The number of ether oxygens (including phenoxy) is 1. The molecule has 14 heteroatoms. The van der Waals surface area contributed by atoms with Crippen LogP contribution in [0.2, 0.25) is 0 Å². The van der Waals surface area contributed by atoms with Crippen molar-refractivity contribution in [2.75, 3.05) is 44.3 Å². The molecule has 0 bridgehead atoms. The maximum Gasteiger partial charge on any atom is 0.416 e. The van der Waals surface area contributed by atoms with Crippen LogP contribution in [0.4, 0.5) is 23.4 Å². The van der Waals surface area contributed by atoms with Gasteiger partial charge < -0.3 is 15.4 Å². The summed E-state index contributed by atoms with van der Waals surface area (Å²) < 4.78 is 62.1. The number of amides is 3. The van der Waals surface area contributed by atoms with E-state index in [4.69, 9.17) is 9.84 Å². The molecule has 4 aromatic rings. The summed E-state index contributed by atoms with van der Waals surface area (Å²) in [5.74, 6) is -2.59. The Bertz CT molecular complexity index is 1960. The highest BCUT2D eigenvalue weighted by Crippen LogP contribution is 2.47. The topological polar surface area (TPSA) is 109 Å². The molecule has 2 unspecified atom stereocenters. The van der Waals surface area contributed by atoms with E-state index < -0.39 is 46.7 Å². The monoisotopic (exact) mass is 718 g/mol. The third-order valence-electron chi connectivity index (χ3n) is 10.1. The number of morpholine rings is 1. The molecule has 2 atom stereocenters. The lowest BCUT2D eigenvalue weighted by molar-refractivity contribution is -0.137. The van der Waals surface area contributed by atoms with Crippen molar-refractivity contribution in [3.63, 3.8) is 0 Å². The van der Waals surface area contributed by atoms with E-state index in [9.17, 15) is 31.9 Å². The molecule has 1 saturated heterocycles. The molecule has 1 aromatic heterocycles. The fourth-order valence-electron chi connectivity index (χ4n) is 7.19. The van der Waals surface area contributed by atoms with Crippen LogP contribution in [0, 0.1) is 11.2 Å². The summed E-state index contributed by atoms with van der Waals surface area (Å²) >= 11 is 0. The molecule has 3 amide bonds. The molecule has 0 spiro atoms. The van der Waals surface area contributed by atoms with Gasteiger partial charge in [0.05, 0.1) is 42.1 Å². The van der Waals surface area contributed by atoms with Crippen molar-refractivity contribution in [2.45, 2.75) is 44.4 Å². The van der Waals surface area contributed by atoms with Crippen LogP contribution < -0.4 is 15.5 Å². The number of para-hydroxylation sites is 1. The van der Waals surface area contributed by atoms with Gasteiger partial charge in [0.15, 0.2) is 0 Å². The number of nitrogens with zero attached hydrogens (tertiary/aromatic N) is 4. The fourth-order valence-corrected chi connectivity index (χ4v) is 7.19. The van der Waals surface area contributed by atoms with E-state index in [1.807, 2.05) is 30.3 Å². The average molecular weight is 719 g/mol. The van der Waals surface area contributed by atoms with Gasteiger partial charge in [-0.3, -0.25) is 24.2 Å². The SMILES string of the molecule is CCN1C(=O)C(NC(=O)c2cccc(C(F)(F)F)c2)C(c2ccc(F)cc2)c2c(CNC(=O)C3(CN4CCOCC4)CC3)nn(-c3ccccc3)c21. The van der Waals surface area contributed by atoms with Crippen LogP contribution in [0.3, 0.4) is 0 Å². The number of likely N-dealkylation sites (N-methyl/N-ethyl adjacent to an activating group) is 1. The fraction of sp³-hybridized carbons (Fsp3) is 0.368. The molecule has 3 aromatic carbocycles. The summed E-state index contributed by atoms with van der Waals surface area (Å²) in [7, 11) is 0. The number of carbonyl (C=O) groups is 3. The van der Waals surface area contributed by atoms with E-state index in [0.29, 0.717) is 48.1 Å². The van der Waals surface area contributed by atoms with Gasteiger partial charge in [-0.25, -0.2) is 9.07 Å². The van der Waals surface area contributed by atoms with Crippen molar-refractivity contribution in [1.29, 1.82) is 0 Å². The minimum atomic E-state index is -4.69. The Hall–Kier alpha value is -5.08. The van der Waals surface area contributed by atoms with Gasteiger partial charge in [0.25, 0.3) is 11.8 Å². The number of carbonyl (C=O) groups excluding carboxylic acids is 3. The zero-order valence-electron chi connectivity index (χ0n) is 28.5. The van der Waals surface area contributed by atoms with Crippen LogP contribution in [0.15, 0.2) is 78.9 Å². The standard InChI is InChI=1S/C38H38F4N6O4/c1-2-47-34-31(29(45-48(34)28-9-4-3-5-10-28)22-43-36(51)37(15-16-37)23-46-17-19-52-20-18-46)30(24-11-13-27(39)14-12-24)32(35(47)50)44-33(49)25-7-6-8-26(21-25)38(40,41)42/h3-14,21,30,32H,2,15-20,22-23H2,1H3,(H,43,51)(H,44,49). The third kappa shape index (κ3) is 6.92. The molecule has 3 heterocycles. The molecule has 2 N–H and O–H groups in total. The first kappa shape index (κ1) is 35.3. The van der Waals surface area contributed by atoms with Crippen molar-refractivity contribution >= 4 is 23.5 Å². The van der Waals surface area contributed by atoms with E-state index in [1.165, 1.54) is 35.2 Å². The molecule has 2 aliphatic heterocycles. The Balaban J connectivity index is 1.30. The van der Waals surface area contributed by atoms with Gasteiger partial charge in [-0.1, -0.05) is 36.4 Å². The molecular weight excluding hydrogens is 680 g/mol. The lowest BCUT2D eigenvalue weighted by Gasteiger charge is -2.38. The number of benzene rings is 3. The molecule has 7 rings (SSSR count). The second-order valence-electron chi connectivity index (χ2n) is 13.4. The Morgan fingerprint density at radius 1 is 0.981 bits per heavy atom. The molecule has 272 valence electrons. The van der Waals surface area contributed by atoms with E-state index >= 15 is 0 Å². The lowest BCUT2D eigenvalue weighted by atomic mass is 9.80. The van der Waals surface area contributed by atoms with Crippen LogP contribution in [0.1, 0.15) is 58.4 Å².